The Bertz CT molecular complexity index is 1080. The topological polar surface area (TPSA) is 86.8 Å². The molecule has 0 aliphatic rings. The van der Waals surface area contributed by atoms with Gasteiger partial charge in [0, 0.05) is 18.1 Å². The number of halogens is 1. The molecule has 2 aromatic carbocycles. The molecule has 0 radical (unpaired) electrons. The van der Waals surface area contributed by atoms with Gasteiger partial charge in [0.25, 0.3) is 0 Å². The van der Waals surface area contributed by atoms with Gasteiger partial charge in [-0.25, -0.2) is 8.42 Å². The lowest BCUT2D eigenvalue weighted by molar-refractivity contribution is -0.138. The molecule has 0 spiro atoms. The Kier molecular flexibility index (Phi) is 10.4. The number of anilines is 1. The fourth-order valence-corrected chi connectivity index (χ4v) is 4.62. The predicted molar refractivity (Wildman–Crippen MR) is 138 cm³/mol. The SMILES string of the molecule is CCCCNC(=O)[C@@H](C)N(CCc1ccccc1)C(=O)CN(c1cc(Cl)ccc1C)S(C)(=O)=O. The van der Waals surface area contributed by atoms with Crippen LogP contribution < -0.4 is 9.62 Å². The first-order chi connectivity index (χ1) is 16.0. The van der Waals surface area contributed by atoms with Gasteiger partial charge >= 0.3 is 0 Å². The molecule has 0 unspecified atom stereocenters. The van der Waals surface area contributed by atoms with Crippen LogP contribution in [0.2, 0.25) is 5.02 Å². The number of nitrogens with one attached hydrogen (secondary N) is 1. The van der Waals surface area contributed by atoms with E-state index in [4.69, 9.17) is 11.6 Å². The Balaban J connectivity index is 2.31. The number of hydrogen-bond donors (Lipinski definition) is 1. The highest BCUT2D eigenvalue weighted by Gasteiger charge is 2.30. The second kappa shape index (κ2) is 12.8. The molecule has 0 aliphatic carbocycles. The lowest BCUT2D eigenvalue weighted by Crippen LogP contribution is -2.52. The number of hydrogen-bond acceptors (Lipinski definition) is 4. The first kappa shape index (κ1) is 27.7. The van der Waals surface area contributed by atoms with Crippen LogP contribution in [-0.2, 0) is 26.0 Å². The van der Waals surface area contributed by atoms with E-state index in [0.29, 0.717) is 29.2 Å². The van der Waals surface area contributed by atoms with Gasteiger partial charge in [-0.1, -0.05) is 61.3 Å². The molecule has 2 rings (SSSR count). The maximum Gasteiger partial charge on any atom is 0.244 e. The van der Waals surface area contributed by atoms with E-state index in [2.05, 4.69) is 5.32 Å². The highest BCUT2D eigenvalue weighted by atomic mass is 35.5. The zero-order valence-electron chi connectivity index (χ0n) is 20.3. The summed E-state index contributed by atoms with van der Waals surface area (Å²) in [6, 6.07) is 13.8. The fourth-order valence-electron chi connectivity index (χ4n) is 3.55. The Hall–Kier alpha value is -2.58. The van der Waals surface area contributed by atoms with Crippen LogP contribution in [0.3, 0.4) is 0 Å². The molecule has 0 saturated carbocycles. The molecule has 2 aromatic rings. The summed E-state index contributed by atoms with van der Waals surface area (Å²) in [6.07, 6.45) is 3.37. The maximum absolute atomic E-state index is 13.5. The third-order valence-corrected chi connectivity index (χ3v) is 6.96. The molecule has 9 heteroatoms. The number of sulfonamides is 1. The van der Waals surface area contributed by atoms with Crippen molar-refractivity contribution in [1.29, 1.82) is 0 Å². The van der Waals surface area contributed by atoms with E-state index in [1.54, 1.807) is 26.0 Å². The predicted octanol–water partition coefficient (Wildman–Crippen LogP) is 3.79. The minimum Gasteiger partial charge on any atom is -0.354 e. The van der Waals surface area contributed by atoms with Crippen molar-refractivity contribution in [3.63, 3.8) is 0 Å². The third kappa shape index (κ3) is 8.02. The van der Waals surface area contributed by atoms with E-state index in [1.807, 2.05) is 37.3 Å². The van der Waals surface area contributed by atoms with E-state index >= 15 is 0 Å². The van der Waals surface area contributed by atoms with Crippen LogP contribution in [0.25, 0.3) is 0 Å². The molecule has 0 saturated heterocycles. The quantitative estimate of drug-likeness (QED) is 0.443. The van der Waals surface area contributed by atoms with Gasteiger partial charge in [0.05, 0.1) is 11.9 Å². The molecule has 186 valence electrons. The van der Waals surface area contributed by atoms with Crippen molar-refractivity contribution in [2.45, 2.75) is 46.1 Å². The van der Waals surface area contributed by atoms with Crippen molar-refractivity contribution >= 4 is 39.1 Å². The minimum absolute atomic E-state index is 0.264. The summed E-state index contributed by atoms with van der Waals surface area (Å²) in [7, 11) is -3.79. The van der Waals surface area contributed by atoms with Crippen molar-refractivity contribution < 1.29 is 18.0 Å². The monoisotopic (exact) mass is 507 g/mol. The fraction of sp³-hybridized carbons (Fsp3) is 0.440. The number of aryl methyl sites for hydroxylation is 1. The van der Waals surface area contributed by atoms with E-state index < -0.39 is 28.5 Å². The molecule has 0 heterocycles. The summed E-state index contributed by atoms with van der Waals surface area (Å²) in [4.78, 5) is 27.7. The number of benzene rings is 2. The zero-order chi connectivity index (χ0) is 25.3. The first-order valence-electron chi connectivity index (χ1n) is 11.4. The summed E-state index contributed by atoms with van der Waals surface area (Å²) >= 11 is 6.11. The molecular formula is C25H34ClN3O4S. The Morgan fingerprint density at radius 2 is 1.79 bits per heavy atom. The van der Waals surface area contributed by atoms with Crippen LogP contribution in [0, 0.1) is 6.92 Å². The highest BCUT2D eigenvalue weighted by Crippen LogP contribution is 2.26. The van der Waals surface area contributed by atoms with Crippen LogP contribution in [0.4, 0.5) is 5.69 Å². The van der Waals surface area contributed by atoms with Gasteiger partial charge in [0.2, 0.25) is 21.8 Å². The molecule has 2 amide bonds. The van der Waals surface area contributed by atoms with Gasteiger partial charge in [-0.15, -0.1) is 0 Å². The Morgan fingerprint density at radius 3 is 2.41 bits per heavy atom. The molecule has 7 nitrogen and oxygen atoms in total. The molecular weight excluding hydrogens is 474 g/mol. The maximum atomic E-state index is 13.5. The summed E-state index contributed by atoms with van der Waals surface area (Å²) in [5.74, 6) is -0.724. The number of unbranched alkanes of at least 4 members (excludes halogenated alkanes) is 1. The van der Waals surface area contributed by atoms with Gasteiger partial charge in [-0.05, 0) is 49.9 Å². The molecule has 0 aliphatic heterocycles. The van der Waals surface area contributed by atoms with Crippen molar-refractivity contribution in [2.75, 3.05) is 30.2 Å². The van der Waals surface area contributed by atoms with E-state index in [0.717, 1.165) is 29.0 Å². The summed E-state index contributed by atoms with van der Waals surface area (Å²) < 4.78 is 26.3. The number of carbonyl (C=O) groups excluding carboxylic acids is 2. The lowest BCUT2D eigenvalue weighted by Gasteiger charge is -2.32. The van der Waals surface area contributed by atoms with Crippen molar-refractivity contribution in [1.82, 2.24) is 10.2 Å². The number of amides is 2. The smallest absolute Gasteiger partial charge is 0.244 e. The number of carbonyl (C=O) groups is 2. The highest BCUT2D eigenvalue weighted by molar-refractivity contribution is 7.92. The summed E-state index contributed by atoms with van der Waals surface area (Å²) in [5.41, 5.74) is 2.03. The molecule has 1 N–H and O–H groups in total. The van der Waals surface area contributed by atoms with Gasteiger partial charge in [0.1, 0.15) is 12.6 Å². The average Bonchev–Trinajstić information content (AvgIpc) is 2.79. The molecule has 0 fully saturated rings. The van der Waals surface area contributed by atoms with Crippen molar-refractivity contribution in [2.24, 2.45) is 0 Å². The van der Waals surface area contributed by atoms with Crippen LogP contribution in [0.15, 0.2) is 48.5 Å². The molecule has 1 atom stereocenters. The normalized spacial score (nSPS) is 12.1. The van der Waals surface area contributed by atoms with E-state index in [-0.39, 0.29) is 12.5 Å². The van der Waals surface area contributed by atoms with Crippen LogP contribution >= 0.6 is 11.6 Å². The van der Waals surface area contributed by atoms with Gasteiger partial charge in [0.15, 0.2) is 0 Å². The standard InChI is InChI=1S/C25H34ClN3O4S/c1-5-6-15-27-25(31)20(3)28(16-14-21-10-8-7-9-11-21)24(30)18-29(34(4,32)33)23-17-22(26)13-12-19(23)2/h7-13,17,20H,5-6,14-16,18H2,1-4H3,(H,27,31)/t20-/m1/s1. The third-order valence-electron chi connectivity index (χ3n) is 5.60. The Morgan fingerprint density at radius 1 is 1.12 bits per heavy atom. The Labute approximate surface area is 208 Å². The molecule has 34 heavy (non-hydrogen) atoms. The minimum atomic E-state index is -3.79. The molecule has 0 bridgehead atoms. The van der Waals surface area contributed by atoms with Crippen molar-refractivity contribution in [3.8, 4) is 0 Å². The summed E-state index contributed by atoms with van der Waals surface area (Å²) in [5, 5.41) is 3.23. The van der Waals surface area contributed by atoms with Crippen LogP contribution in [0.1, 0.15) is 37.8 Å². The largest absolute Gasteiger partial charge is 0.354 e. The van der Waals surface area contributed by atoms with E-state index in [1.165, 1.54) is 11.0 Å². The first-order valence-corrected chi connectivity index (χ1v) is 13.6. The lowest BCUT2D eigenvalue weighted by atomic mass is 10.1. The molecule has 0 aromatic heterocycles. The number of rotatable bonds is 12. The van der Waals surface area contributed by atoms with Gasteiger partial charge in [-0.2, -0.15) is 0 Å². The van der Waals surface area contributed by atoms with Gasteiger partial charge in [-0.3, -0.25) is 13.9 Å². The van der Waals surface area contributed by atoms with Crippen LogP contribution in [0.5, 0.6) is 0 Å². The van der Waals surface area contributed by atoms with E-state index in [9.17, 15) is 18.0 Å². The average molecular weight is 508 g/mol. The van der Waals surface area contributed by atoms with Crippen molar-refractivity contribution in [3.05, 3.63) is 64.7 Å². The number of nitrogens with zero attached hydrogens (tertiary/aromatic N) is 2. The van der Waals surface area contributed by atoms with Crippen LogP contribution in [-0.4, -0.2) is 57.1 Å². The second-order valence-electron chi connectivity index (χ2n) is 8.34. The second-order valence-corrected chi connectivity index (χ2v) is 10.7. The summed E-state index contributed by atoms with van der Waals surface area (Å²) in [6.45, 7) is 5.82. The zero-order valence-corrected chi connectivity index (χ0v) is 21.8. The van der Waals surface area contributed by atoms with Gasteiger partial charge < -0.3 is 10.2 Å².